The van der Waals surface area contributed by atoms with E-state index in [-0.39, 0.29) is 24.3 Å². The van der Waals surface area contributed by atoms with Crippen LogP contribution in [0.3, 0.4) is 0 Å². The molecule has 1 fully saturated rings. The topological polar surface area (TPSA) is 128 Å². The van der Waals surface area contributed by atoms with Crippen molar-refractivity contribution in [3.05, 3.63) is 49.1 Å². The number of carbonyl (C=O) groups is 2. The second kappa shape index (κ2) is 8.75. The lowest BCUT2D eigenvalue weighted by molar-refractivity contribution is -0.129. The Kier molecular flexibility index (Phi) is 5.40. The zero-order valence-electron chi connectivity index (χ0n) is 19.6. The third-order valence-corrected chi connectivity index (χ3v) is 6.71. The highest BCUT2D eigenvalue weighted by molar-refractivity contribution is 7.99. The summed E-state index contributed by atoms with van der Waals surface area (Å²) in [5.74, 6) is 0.577. The smallest absolute Gasteiger partial charge is 0.243 e. The van der Waals surface area contributed by atoms with Crippen molar-refractivity contribution in [1.82, 2.24) is 43.9 Å². The van der Waals surface area contributed by atoms with Crippen molar-refractivity contribution in [1.29, 1.82) is 0 Å². The van der Waals surface area contributed by atoms with E-state index in [1.165, 1.54) is 16.7 Å². The standard InChI is InChI=1S/C23H22N10O2S/c1-30(2)21(34)13-31-10-16(9-24-31)15-5-6-19-27-28-23(32(19)11-15)36-20-8-7-18-25-17(12-33(18)29-20)26-22(35)14-3-4-14/h5-12,14H,3-4,13H2,1-2H3,(H,26,35). The van der Waals surface area contributed by atoms with Crippen molar-refractivity contribution in [3.8, 4) is 11.1 Å². The summed E-state index contributed by atoms with van der Waals surface area (Å²) in [7, 11) is 3.44. The number of nitrogens with zero attached hydrogens (tertiary/aromatic N) is 9. The average Bonchev–Trinajstić information content (AvgIpc) is 3.30. The molecular weight excluding hydrogens is 480 g/mol. The van der Waals surface area contributed by atoms with E-state index in [1.54, 1.807) is 35.7 Å². The molecule has 5 heterocycles. The molecule has 0 aliphatic heterocycles. The van der Waals surface area contributed by atoms with Crippen molar-refractivity contribution in [3.63, 3.8) is 0 Å². The molecule has 6 rings (SSSR count). The summed E-state index contributed by atoms with van der Waals surface area (Å²) in [5, 5.41) is 21.7. The number of amides is 2. The Bertz CT molecular complexity index is 1610. The molecule has 2 amide bonds. The molecule has 36 heavy (non-hydrogen) atoms. The van der Waals surface area contributed by atoms with Gasteiger partial charge in [0.2, 0.25) is 17.0 Å². The van der Waals surface area contributed by atoms with Gasteiger partial charge in [0.25, 0.3) is 0 Å². The minimum absolute atomic E-state index is 0.00795. The van der Waals surface area contributed by atoms with E-state index in [0.717, 1.165) is 24.0 Å². The number of nitrogens with one attached hydrogen (secondary N) is 1. The lowest BCUT2D eigenvalue weighted by Gasteiger charge is -2.09. The van der Waals surface area contributed by atoms with E-state index in [9.17, 15) is 9.59 Å². The van der Waals surface area contributed by atoms with Gasteiger partial charge in [-0.3, -0.25) is 18.7 Å². The first kappa shape index (κ1) is 22.2. The maximum absolute atomic E-state index is 12.0. The van der Waals surface area contributed by atoms with E-state index >= 15 is 0 Å². The molecule has 5 aromatic heterocycles. The van der Waals surface area contributed by atoms with Gasteiger partial charge in [-0.15, -0.1) is 10.2 Å². The Hall–Kier alpha value is -4.26. The van der Waals surface area contributed by atoms with E-state index < -0.39 is 0 Å². The van der Waals surface area contributed by atoms with E-state index in [4.69, 9.17) is 0 Å². The number of fused-ring (bicyclic) bond motifs is 2. The van der Waals surface area contributed by atoms with Crippen LogP contribution in [0.15, 0.2) is 59.2 Å². The molecule has 182 valence electrons. The van der Waals surface area contributed by atoms with Crippen molar-refractivity contribution >= 4 is 40.7 Å². The summed E-state index contributed by atoms with van der Waals surface area (Å²) in [6.45, 7) is 0.178. The minimum Gasteiger partial charge on any atom is -0.347 e. The summed E-state index contributed by atoms with van der Waals surface area (Å²) < 4.78 is 5.15. The molecule has 0 saturated heterocycles. The van der Waals surface area contributed by atoms with E-state index in [1.807, 2.05) is 41.1 Å². The van der Waals surface area contributed by atoms with Gasteiger partial charge in [0.15, 0.2) is 17.1 Å². The van der Waals surface area contributed by atoms with Gasteiger partial charge in [-0.25, -0.2) is 9.50 Å². The summed E-state index contributed by atoms with van der Waals surface area (Å²) in [5.41, 5.74) is 3.14. The zero-order valence-corrected chi connectivity index (χ0v) is 20.4. The van der Waals surface area contributed by atoms with Gasteiger partial charge in [-0.05, 0) is 48.9 Å². The van der Waals surface area contributed by atoms with Crippen LogP contribution in [0.4, 0.5) is 5.82 Å². The lowest BCUT2D eigenvalue weighted by atomic mass is 10.2. The van der Waals surface area contributed by atoms with E-state index in [2.05, 4.69) is 30.7 Å². The highest BCUT2D eigenvalue weighted by atomic mass is 32.2. The molecule has 1 saturated carbocycles. The maximum atomic E-state index is 12.0. The molecule has 0 atom stereocenters. The summed E-state index contributed by atoms with van der Waals surface area (Å²) in [6.07, 6.45) is 9.09. The van der Waals surface area contributed by atoms with Crippen LogP contribution in [0, 0.1) is 5.92 Å². The zero-order chi connectivity index (χ0) is 24.8. The first-order chi connectivity index (χ1) is 17.4. The van der Waals surface area contributed by atoms with Crippen LogP contribution in [0.1, 0.15) is 12.8 Å². The number of imidazole rings is 1. The summed E-state index contributed by atoms with van der Waals surface area (Å²) in [6, 6.07) is 7.53. The molecule has 0 aromatic carbocycles. The number of aromatic nitrogens is 8. The fourth-order valence-electron chi connectivity index (χ4n) is 3.64. The van der Waals surface area contributed by atoms with Gasteiger partial charge in [-0.2, -0.15) is 10.2 Å². The first-order valence-electron chi connectivity index (χ1n) is 11.4. The van der Waals surface area contributed by atoms with Crippen LogP contribution in [-0.2, 0) is 16.1 Å². The molecule has 0 bridgehead atoms. The fraction of sp³-hybridized carbons (Fsp3) is 0.261. The molecule has 13 heteroatoms. The Labute approximate surface area is 209 Å². The molecule has 1 N–H and O–H groups in total. The Morgan fingerprint density at radius 1 is 1.06 bits per heavy atom. The van der Waals surface area contributed by atoms with Gasteiger partial charge in [-0.1, -0.05) is 0 Å². The molecule has 0 unspecified atom stereocenters. The van der Waals surface area contributed by atoms with Crippen LogP contribution in [-0.4, -0.2) is 69.8 Å². The van der Waals surface area contributed by atoms with Gasteiger partial charge in [0.1, 0.15) is 11.6 Å². The van der Waals surface area contributed by atoms with Gasteiger partial charge in [0, 0.05) is 43.5 Å². The molecule has 0 spiro atoms. The van der Waals surface area contributed by atoms with Crippen molar-refractivity contribution in [2.75, 3.05) is 19.4 Å². The predicted octanol–water partition coefficient (Wildman–Crippen LogP) is 2.22. The SMILES string of the molecule is CN(C)C(=O)Cn1cc(-c2ccc3nnc(Sc4ccc5nc(NC(=O)C6CC6)cn5n4)n3c2)cn1. The number of pyridine rings is 1. The van der Waals surface area contributed by atoms with Gasteiger partial charge < -0.3 is 10.2 Å². The monoisotopic (exact) mass is 502 g/mol. The average molecular weight is 503 g/mol. The minimum atomic E-state index is -0.0302. The van der Waals surface area contributed by atoms with E-state index in [0.29, 0.717) is 27.3 Å². The summed E-state index contributed by atoms with van der Waals surface area (Å²) >= 11 is 1.37. The maximum Gasteiger partial charge on any atom is 0.243 e. The quantitative estimate of drug-likeness (QED) is 0.359. The number of carbonyl (C=O) groups excluding carboxylic acids is 2. The predicted molar refractivity (Wildman–Crippen MR) is 131 cm³/mol. The lowest BCUT2D eigenvalue weighted by Crippen LogP contribution is -2.26. The van der Waals surface area contributed by atoms with Crippen LogP contribution in [0.5, 0.6) is 0 Å². The van der Waals surface area contributed by atoms with Crippen LogP contribution in [0.2, 0.25) is 0 Å². The fourth-order valence-corrected chi connectivity index (χ4v) is 4.41. The van der Waals surface area contributed by atoms with Crippen molar-refractivity contribution < 1.29 is 9.59 Å². The van der Waals surface area contributed by atoms with Crippen LogP contribution in [0.25, 0.3) is 22.4 Å². The molecule has 12 nitrogen and oxygen atoms in total. The highest BCUT2D eigenvalue weighted by Crippen LogP contribution is 2.30. The second-order valence-electron chi connectivity index (χ2n) is 8.81. The third kappa shape index (κ3) is 4.40. The molecule has 1 aliphatic carbocycles. The molecule has 0 radical (unpaired) electrons. The van der Waals surface area contributed by atoms with Crippen LogP contribution < -0.4 is 5.32 Å². The number of rotatable bonds is 7. The molecular formula is C23H22N10O2S. The second-order valence-corrected chi connectivity index (χ2v) is 9.80. The summed E-state index contributed by atoms with van der Waals surface area (Å²) in [4.78, 5) is 30.0. The highest BCUT2D eigenvalue weighted by Gasteiger charge is 2.30. The largest absolute Gasteiger partial charge is 0.347 e. The number of likely N-dealkylation sites (N-methyl/N-ethyl adjacent to an activating group) is 1. The Balaban J connectivity index is 1.23. The van der Waals surface area contributed by atoms with Crippen molar-refractivity contribution in [2.24, 2.45) is 5.92 Å². The Morgan fingerprint density at radius 2 is 1.89 bits per heavy atom. The van der Waals surface area contributed by atoms with Crippen molar-refractivity contribution in [2.45, 2.75) is 29.6 Å². The molecule has 5 aromatic rings. The first-order valence-corrected chi connectivity index (χ1v) is 12.2. The number of hydrogen-bond acceptors (Lipinski definition) is 8. The molecule has 1 aliphatic rings. The van der Waals surface area contributed by atoms with Crippen LogP contribution >= 0.6 is 11.8 Å². The number of hydrogen-bond donors (Lipinski definition) is 1. The number of anilines is 1. The van der Waals surface area contributed by atoms with Gasteiger partial charge >= 0.3 is 0 Å². The third-order valence-electron chi connectivity index (χ3n) is 5.82. The van der Waals surface area contributed by atoms with Gasteiger partial charge in [0.05, 0.1) is 12.4 Å². The normalized spacial score (nSPS) is 13.4. The Morgan fingerprint density at radius 3 is 2.69 bits per heavy atom.